The number of hydrogen-bond donors (Lipinski definition) is 2. The highest BCUT2D eigenvalue weighted by atomic mass is 19.1. The highest BCUT2D eigenvalue weighted by molar-refractivity contribution is 5.95. The SMILES string of the molecule is O=C(NC(C(=O)O)c1ccccc1)c1ccc(F)cn1. The maximum absolute atomic E-state index is 12.7. The van der Waals surface area contributed by atoms with Gasteiger partial charge >= 0.3 is 5.97 Å². The van der Waals surface area contributed by atoms with Gasteiger partial charge in [-0.05, 0) is 17.7 Å². The first-order valence-electron chi connectivity index (χ1n) is 5.78. The number of carboxylic acid groups (broad SMARTS) is 1. The van der Waals surface area contributed by atoms with Crippen LogP contribution < -0.4 is 5.32 Å². The zero-order chi connectivity index (χ0) is 14.5. The second kappa shape index (κ2) is 5.92. The molecule has 6 heteroatoms. The van der Waals surface area contributed by atoms with Gasteiger partial charge in [0.15, 0.2) is 6.04 Å². The molecule has 0 radical (unpaired) electrons. The number of carbonyl (C=O) groups excluding carboxylic acids is 1. The number of carboxylic acids is 1. The average molecular weight is 274 g/mol. The highest BCUT2D eigenvalue weighted by Gasteiger charge is 2.22. The molecule has 5 nitrogen and oxygen atoms in total. The molecule has 0 bridgehead atoms. The molecule has 0 fully saturated rings. The molecular weight excluding hydrogens is 263 g/mol. The van der Waals surface area contributed by atoms with Gasteiger partial charge in [-0.3, -0.25) is 4.79 Å². The zero-order valence-electron chi connectivity index (χ0n) is 10.3. The second-order valence-corrected chi connectivity index (χ2v) is 4.02. The lowest BCUT2D eigenvalue weighted by atomic mass is 10.1. The first-order valence-corrected chi connectivity index (χ1v) is 5.78. The van der Waals surface area contributed by atoms with E-state index < -0.39 is 23.7 Å². The smallest absolute Gasteiger partial charge is 0.330 e. The Morgan fingerprint density at radius 2 is 1.85 bits per heavy atom. The monoisotopic (exact) mass is 274 g/mol. The van der Waals surface area contributed by atoms with Gasteiger partial charge < -0.3 is 10.4 Å². The molecule has 0 saturated carbocycles. The van der Waals surface area contributed by atoms with Crippen molar-refractivity contribution in [1.29, 1.82) is 0 Å². The third-order valence-corrected chi connectivity index (χ3v) is 2.62. The van der Waals surface area contributed by atoms with Crippen LogP contribution in [0, 0.1) is 5.82 Å². The number of hydrogen-bond acceptors (Lipinski definition) is 3. The molecule has 102 valence electrons. The summed E-state index contributed by atoms with van der Waals surface area (Å²) >= 11 is 0. The minimum Gasteiger partial charge on any atom is -0.479 e. The Labute approximate surface area is 114 Å². The van der Waals surface area contributed by atoms with Crippen LogP contribution in [0.15, 0.2) is 48.7 Å². The second-order valence-electron chi connectivity index (χ2n) is 4.02. The Bertz CT molecular complexity index is 614. The van der Waals surface area contributed by atoms with Crippen molar-refractivity contribution in [2.24, 2.45) is 0 Å². The molecule has 0 saturated heterocycles. The van der Waals surface area contributed by atoms with Crippen LogP contribution in [0.25, 0.3) is 0 Å². The summed E-state index contributed by atoms with van der Waals surface area (Å²) < 4.78 is 12.7. The van der Waals surface area contributed by atoms with Crippen molar-refractivity contribution in [3.8, 4) is 0 Å². The van der Waals surface area contributed by atoms with E-state index in [0.717, 1.165) is 12.3 Å². The molecule has 0 spiro atoms. The van der Waals surface area contributed by atoms with E-state index in [2.05, 4.69) is 10.3 Å². The summed E-state index contributed by atoms with van der Waals surface area (Å²) in [5, 5.41) is 11.5. The van der Waals surface area contributed by atoms with Crippen molar-refractivity contribution in [2.45, 2.75) is 6.04 Å². The van der Waals surface area contributed by atoms with Gasteiger partial charge in [-0.15, -0.1) is 0 Å². The molecule has 2 aromatic rings. The molecule has 0 aliphatic carbocycles. The fourth-order valence-electron chi connectivity index (χ4n) is 1.65. The standard InChI is InChI=1S/C14H11FN2O3/c15-10-6-7-11(16-8-10)13(18)17-12(14(19)20)9-4-2-1-3-5-9/h1-8,12H,(H,17,18)(H,19,20). The number of nitrogens with zero attached hydrogens (tertiary/aromatic N) is 1. The van der Waals surface area contributed by atoms with Crippen LogP contribution in [0.4, 0.5) is 4.39 Å². The Morgan fingerprint density at radius 3 is 2.40 bits per heavy atom. The third-order valence-electron chi connectivity index (χ3n) is 2.62. The van der Waals surface area contributed by atoms with Crippen LogP contribution >= 0.6 is 0 Å². The molecule has 2 rings (SSSR count). The molecule has 1 amide bonds. The van der Waals surface area contributed by atoms with E-state index in [1.807, 2.05) is 0 Å². The van der Waals surface area contributed by atoms with Gasteiger partial charge in [0.05, 0.1) is 6.20 Å². The quantitative estimate of drug-likeness (QED) is 0.890. The van der Waals surface area contributed by atoms with Crippen LogP contribution in [0.5, 0.6) is 0 Å². The van der Waals surface area contributed by atoms with Crippen molar-refractivity contribution < 1.29 is 19.1 Å². The predicted molar refractivity (Wildman–Crippen MR) is 68.5 cm³/mol. The maximum atomic E-state index is 12.7. The van der Waals surface area contributed by atoms with Crippen LogP contribution in [0.1, 0.15) is 22.1 Å². The van der Waals surface area contributed by atoms with E-state index in [1.165, 1.54) is 6.07 Å². The van der Waals surface area contributed by atoms with Gasteiger partial charge in [-0.2, -0.15) is 0 Å². The Morgan fingerprint density at radius 1 is 1.15 bits per heavy atom. The van der Waals surface area contributed by atoms with Gasteiger partial charge in [0.2, 0.25) is 0 Å². The van der Waals surface area contributed by atoms with Crippen molar-refractivity contribution in [3.05, 3.63) is 65.7 Å². The molecule has 20 heavy (non-hydrogen) atoms. The summed E-state index contributed by atoms with van der Waals surface area (Å²) in [7, 11) is 0. The van der Waals surface area contributed by atoms with Crippen molar-refractivity contribution >= 4 is 11.9 Å². The number of pyridine rings is 1. The van der Waals surface area contributed by atoms with Gasteiger partial charge in [0, 0.05) is 0 Å². The van der Waals surface area contributed by atoms with Crippen molar-refractivity contribution in [1.82, 2.24) is 10.3 Å². The fraction of sp³-hybridized carbons (Fsp3) is 0.0714. The van der Waals surface area contributed by atoms with E-state index in [9.17, 15) is 19.1 Å². The molecule has 2 N–H and O–H groups in total. The summed E-state index contributed by atoms with van der Waals surface area (Å²) in [6, 6.07) is 9.37. The molecular formula is C14H11FN2O3. The number of carbonyl (C=O) groups is 2. The Balaban J connectivity index is 2.19. The maximum Gasteiger partial charge on any atom is 0.330 e. The summed E-state index contributed by atoms with van der Waals surface area (Å²) in [4.78, 5) is 26.7. The van der Waals surface area contributed by atoms with E-state index in [0.29, 0.717) is 5.56 Å². The topological polar surface area (TPSA) is 79.3 Å². The van der Waals surface area contributed by atoms with Gasteiger partial charge in [-0.1, -0.05) is 30.3 Å². The first-order chi connectivity index (χ1) is 9.58. The summed E-state index contributed by atoms with van der Waals surface area (Å²) in [5.41, 5.74) is 0.393. The zero-order valence-corrected chi connectivity index (χ0v) is 10.3. The molecule has 1 unspecified atom stereocenters. The average Bonchev–Trinajstić information content (AvgIpc) is 2.46. The normalized spacial score (nSPS) is 11.7. The van der Waals surface area contributed by atoms with Gasteiger partial charge in [-0.25, -0.2) is 14.2 Å². The van der Waals surface area contributed by atoms with E-state index in [-0.39, 0.29) is 5.69 Å². The van der Waals surface area contributed by atoms with E-state index in [1.54, 1.807) is 30.3 Å². The van der Waals surface area contributed by atoms with Gasteiger partial charge in [0.1, 0.15) is 11.5 Å². The van der Waals surface area contributed by atoms with Crippen LogP contribution in [0.2, 0.25) is 0 Å². The van der Waals surface area contributed by atoms with Crippen LogP contribution in [-0.2, 0) is 4.79 Å². The van der Waals surface area contributed by atoms with Crippen LogP contribution in [0.3, 0.4) is 0 Å². The van der Waals surface area contributed by atoms with Gasteiger partial charge in [0.25, 0.3) is 5.91 Å². The molecule has 0 aliphatic heterocycles. The Hall–Kier alpha value is -2.76. The number of rotatable bonds is 4. The number of benzene rings is 1. The van der Waals surface area contributed by atoms with Crippen LogP contribution in [-0.4, -0.2) is 22.0 Å². The highest BCUT2D eigenvalue weighted by Crippen LogP contribution is 2.13. The summed E-state index contributed by atoms with van der Waals surface area (Å²) in [6.07, 6.45) is 0.896. The lowest BCUT2D eigenvalue weighted by Gasteiger charge is -2.14. The number of aliphatic carboxylic acids is 1. The fourth-order valence-corrected chi connectivity index (χ4v) is 1.65. The minimum absolute atomic E-state index is 0.0476. The molecule has 1 heterocycles. The molecule has 0 aliphatic rings. The number of nitrogens with one attached hydrogen (secondary N) is 1. The summed E-state index contributed by atoms with van der Waals surface area (Å²) in [6.45, 7) is 0. The number of amides is 1. The van der Waals surface area contributed by atoms with Crippen molar-refractivity contribution in [2.75, 3.05) is 0 Å². The van der Waals surface area contributed by atoms with E-state index >= 15 is 0 Å². The first kappa shape index (κ1) is 13.7. The predicted octanol–water partition coefficient (Wildman–Crippen LogP) is 1.78. The number of aromatic nitrogens is 1. The largest absolute Gasteiger partial charge is 0.479 e. The summed E-state index contributed by atoms with van der Waals surface area (Å²) in [5.74, 6) is -2.44. The number of halogens is 1. The molecule has 1 aromatic heterocycles. The molecule has 1 aromatic carbocycles. The molecule has 1 atom stereocenters. The third kappa shape index (κ3) is 3.17. The lowest BCUT2D eigenvalue weighted by Crippen LogP contribution is -2.34. The van der Waals surface area contributed by atoms with E-state index in [4.69, 9.17) is 0 Å². The van der Waals surface area contributed by atoms with Crippen molar-refractivity contribution in [3.63, 3.8) is 0 Å². The minimum atomic E-state index is -1.19. The Kier molecular flexibility index (Phi) is 4.05. The lowest BCUT2D eigenvalue weighted by molar-refractivity contribution is -0.139.